The summed E-state index contributed by atoms with van der Waals surface area (Å²) in [6.45, 7) is 6.06. The fraction of sp³-hybridized carbons (Fsp3) is 0.130. The molecule has 4 aromatic rings. The Kier molecular flexibility index (Phi) is 5.41. The van der Waals surface area contributed by atoms with E-state index in [-0.39, 0.29) is 5.76 Å². The van der Waals surface area contributed by atoms with E-state index in [2.05, 4.69) is 15.1 Å². The van der Waals surface area contributed by atoms with Gasteiger partial charge in [-0.2, -0.15) is 5.10 Å². The molecule has 7 heteroatoms. The van der Waals surface area contributed by atoms with Crippen LogP contribution in [0.3, 0.4) is 0 Å². The molecule has 2 aromatic heterocycles. The molecule has 2 heterocycles. The van der Waals surface area contributed by atoms with Crippen molar-refractivity contribution < 1.29 is 9.21 Å². The van der Waals surface area contributed by atoms with Crippen molar-refractivity contribution in [3.63, 3.8) is 0 Å². The number of halogens is 2. The number of nitrogens with zero attached hydrogens (tertiary/aromatic N) is 2. The molecular formula is C23H19Cl2N3O2. The number of aryl methyl sites for hydroxylation is 2. The lowest BCUT2D eigenvalue weighted by molar-refractivity contribution is 0.0929. The molecule has 0 fully saturated rings. The summed E-state index contributed by atoms with van der Waals surface area (Å²) >= 11 is 12.2. The van der Waals surface area contributed by atoms with Gasteiger partial charge in [-0.15, -0.1) is 0 Å². The van der Waals surface area contributed by atoms with Gasteiger partial charge in [-0.05, 0) is 68.8 Å². The van der Waals surface area contributed by atoms with E-state index in [9.17, 15) is 4.79 Å². The number of nitrogens with one attached hydrogen (secondary N) is 1. The second-order valence-corrected chi connectivity index (χ2v) is 7.96. The number of hydrogen-bond donors (Lipinski definition) is 1. The van der Waals surface area contributed by atoms with Crippen LogP contribution in [0, 0.1) is 20.8 Å². The molecule has 0 bridgehead atoms. The SMILES string of the molecule is Cc1ccc(Cl)cc1-n1c(C)cc(/C=N/NC(=O)c2cc3cc(Cl)ccc3o2)c1C. The molecular weight excluding hydrogens is 421 g/mol. The average Bonchev–Trinajstić information content (AvgIpc) is 3.24. The van der Waals surface area contributed by atoms with E-state index in [1.165, 1.54) is 0 Å². The van der Waals surface area contributed by atoms with E-state index in [0.717, 1.165) is 33.6 Å². The Morgan fingerprint density at radius 2 is 1.77 bits per heavy atom. The fourth-order valence-electron chi connectivity index (χ4n) is 3.45. The molecule has 0 radical (unpaired) electrons. The van der Waals surface area contributed by atoms with Crippen LogP contribution in [0.2, 0.25) is 10.0 Å². The normalized spacial score (nSPS) is 11.5. The molecule has 0 spiro atoms. The van der Waals surface area contributed by atoms with Crippen molar-refractivity contribution >= 4 is 46.3 Å². The van der Waals surface area contributed by atoms with E-state index in [4.69, 9.17) is 27.6 Å². The highest BCUT2D eigenvalue weighted by Gasteiger charge is 2.14. The maximum absolute atomic E-state index is 12.4. The van der Waals surface area contributed by atoms with Gasteiger partial charge >= 0.3 is 5.91 Å². The fourth-order valence-corrected chi connectivity index (χ4v) is 3.80. The zero-order chi connectivity index (χ0) is 21.4. The largest absolute Gasteiger partial charge is 0.451 e. The van der Waals surface area contributed by atoms with Crippen LogP contribution >= 0.6 is 23.2 Å². The maximum Gasteiger partial charge on any atom is 0.307 e. The van der Waals surface area contributed by atoms with Gasteiger partial charge in [-0.1, -0.05) is 29.3 Å². The van der Waals surface area contributed by atoms with Crippen LogP contribution in [-0.2, 0) is 0 Å². The van der Waals surface area contributed by atoms with Gasteiger partial charge in [-0.3, -0.25) is 4.79 Å². The van der Waals surface area contributed by atoms with E-state index in [1.807, 2.05) is 45.0 Å². The first kappa shape index (κ1) is 20.3. The molecule has 0 atom stereocenters. The smallest absolute Gasteiger partial charge is 0.307 e. The third-order valence-electron chi connectivity index (χ3n) is 4.95. The van der Waals surface area contributed by atoms with Gasteiger partial charge < -0.3 is 8.98 Å². The Hall–Kier alpha value is -3.02. The van der Waals surface area contributed by atoms with Gasteiger partial charge in [0.15, 0.2) is 5.76 Å². The van der Waals surface area contributed by atoms with Crippen LogP contribution in [0.4, 0.5) is 0 Å². The molecule has 0 saturated heterocycles. The monoisotopic (exact) mass is 439 g/mol. The summed E-state index contributed by atoms with van der Waals surface area (Å²) in [7, 11) is 0. The summed E-state index contributed by atoms with van der Waals surface area (Å²) < 4.78 is 7.67. The molecule has 0 aliphatic carbocycles. The minimum absolute atomic E-state index is 0.171. The maximum atomic E-state index is 12.4. The van der Waals surface area contributed by atoms with Crippen LogP contribution < -0.4 is 5.43 Å². The quantitative estimate of drug-likeness (QED) is 0.303. The molecule has 0 aliphatic heterocycles. The summed E-state index contributed by atoms with van der Waals surface area (Å²) in [5.41, 5.74) is 8.16. The van der Waals surface area contributed by atoms with Crippen molar-refractivity contribution in [2.45, 2.75) is 20.8 Å². The number of benzene rings is 2. The third kappa shape index (κ3) is 3.86. The van der Waals surface area contributed by atoms with E-state index < -0.39 is 5.91 Å². The molecule has 1 amide bonds. The zero-order valence-corrected chi connectivity index (χ0v) is 18.2. The highest BCUT2D eigenvalue weighted by Crippen LogP contribution is 2.25. The highest BCUT2D eigenvalue weighted by atomic mass is 35.5. The van der Waals surface area contributed by atoms with Gasteiger partial charge in [0.1, 0.15) is 5.58 Å². The minimum atomic E-state index is -0.432. The number of fused-ring (bicyclic) bond motifs is 1. The molecule has 0 aliphatic rings. The van der Waals surface area contributed by atoms with Gasteiger partial charge in [-0.25, -0.2) is 5.43 Å². The zero-order valence-electron chi connectivity index (χ0n) is 16.7. The predicted molar refractivity (Wildman–Crippen MR) is 121 cm³/mol. The first-order valence-corrected chi connectivity index (χ1v) is 10.1. The number of furan rings is 1. The number of rotatable bonds is 4. The summed E-state index contributed by atoms with van der Waals surface area (Å²) in [4.78, 5) is 12.4. The summed E-state index contributed by atoms with van der Waals surface area (Å²) in [6.07, 6.45) is 1.62. The number of aromatic nitrogens is 1. The first-order valence-electron chi connectivity index (χ1n) is 9.31. The summed E-state index contributed by atoms with van der Waals surface area (Å²) in [6, 6.07) is 14.6. The Labute approximate surface area is 183 Å². The van der Waals surface area contributed by atoms with Crippen LogP contribution in [0.5, 0.6) is 0 Å². The second kappa shape index (κ2) is 8.01. The van der Waals surface area contributed by atoms with Gasteiger partial charge in [0.2, 0.25) is 0 Å². The predicted octanol–water partition coefficient (Wildman–Crippen LogP) is 6.22. The topological polar surface area (TPSA) is 59.5 Å². The lowest BCUT2D eigenvalue weighted by Gasteiger charge is -2.13. The van der Waals surface area contributed by atoms with Crippen LogP contribution in [0.1, 0.15) is 33.1 Å². The Bertz CT molecular complexity index is 1300. The van der Waals surface area contributed by atoms with Crippen LogP contribution in [-0.4, -0.2) is 16.7 Å². The van der Waals surface area contributed by atoms with Crippen molar-refractivity contribution in [3.8, 4) is 5.69 Å². The van der Waals surface area contributed by atoms with Crippen molar-refractivity contribution in [3.05, 3.63) is 86.9 Å². The molecule has 0 saturated carbocycles. The standard InChI is InChI=1S/C23H19Cl2N3O2/c1-13-4-5-19(25)11-20(13)28-14(2)8-17(15(28)3)12-26-27-23(29)22-10-16-9-18(24)6-7-21(16)30-22/h4-12H,1-3H3,(H,27,29)/b26-12+. The minimum Gasteiger partial charge on any atom is -0.451 e. The molecule has 5 nitrogen and oxygen atoms in total. The number of hydrazone groups is 1. The summed E-state index contributed by atoms with van der Waals surface area (Å²) in [5.74, 6) is -0.262. The van der Waals surface area contributed by atoms with E-state index >= 15 is 0 Å². The first-order chi connectivity index (χ1) is 14.3. The molecule has 4 rings (SSSR count). The van der Waals surface area contributed by atoms with E-state index in [1.54, 1.807) is 30.5 Å². The number of carbonyl (C=O) groups excluding carboxylic acids is 1. The van der Waals surface area contributed by atoms with Crippen molar-refractivity contribution in [2.75, 3.05) is 0 Å². The average molecular weight is 440 g/mol. The summed E-state index contributed by atoms with van der Waals surface area (Å²) in [5, 5.41) is 6.13. The van der Waals surface area contributed by atoms with Crippen LogP contribution in [0.25, 0.3) is 16.7 Å². The Morgan fingerprint density at radius 3 is 2.57 bits per heavy atom. The Balaban J connectivity index is 1.55. The number of amides is 1. The Morgan fingerprint density at radius 1 is 1.03 bits per heavy atom. The third-order valence-corrected chi connectivity index (χ3v) is 5.42. The van der Waals surface area contributed by atoms with Crippen molar-refractivity contribution in [2.24, 2.45) is 5.10 Å². The molecule has 2 aromatic carbocycles. The van der Waals surface area contributed by atoms with Gasteiger partial charge in [0.05, 0.1) is 6.21 Å². The van der Waals surface area contributed by atoms with Crippen LogP contribution in [0.15, 0.2) is 58.0 Å². The lowest BCUT2D eigenvalue weighted by atomic mass is 10.2. The molecule has 152 valence electrons. The second-order valence-electron chi connectivity index (χ2n) is 7.08. The van der Waals surface area contributed by atoms with Crippen molar-refractivity contribution in [1.29, 1.82) is 0 Å². The van der Waals surface area contributed by atoms with Crippen molar-refractivity contribution in [1.82, 2.24) is 9.99 Å². The van der Waals surface area contributed by atoms with E-state index in [0.29, 0.717) is 15.6 Å². The molecule has 0 unspecified atom stereocenters. The van der Waals surface area contributed by atoms with Gasteiger partial charge in [0.25, 0.3) is 0 Å². The number of carbonyl (C=O) groups is 1. The number of hydrogen-bond acceptors (Lipinski definition) is 3. The highest BCUT2D eigenvalue weighted by molar-refractivity contribution is 6.31. The van der Waals surface area contributed by atoms with Gasteiger partial charge in [0, 0.05) is 38.1 Å². The lowest BCUT2D eigenvalue weighted by Crippen LogP contribution is -2.16. The molecule has 30 heavy (non-hydrogen) atoms. The molecule has 1 N–H and O–H groups in total.